The Labute approximate surface area is 230 Å². The molecule has 2 aliphatic heterocycles. The standard InChI is InChI=1S/C30H35NO4.HI/c1-31(18-20-9-10-20)14-13-30-22-11-12-24(32)29(30)35-28-25(33)17-26(21(27(28)30)16-23(22)31)34-15-5-8-19-6-3-2-4-7-19;/h2-4,6-7,17,20,22-23,29H,5,8-16,18H2,1H3;1H/t22-,23+,29-,30-,31+;/m0./s1. The summed E-state index contributed by atoms with van der Waals surface area (Å²) in [4.78, 5) is 13.2. The van der Waals surface area contributed by atoms with Gasteiger partial charge in [-0.1, -0.05) is 30.3 Å². The second kappa shape index (κ2) is 8.90. The quantitative estimate of drug-likeness (QED) is 0.298. The molecule has 1 N–H and O–H groups in total. The van der Waals surface area contributed by atoms with E-state index in [1.165, 1.54) is 30.5 Å². The van der Waals surface area contributed by atoms with Gasteiger partial charge in [0.25, 0.3) is 0 Å². The van der Waals surface area contributed by atoms with Gasteiger partial charge in [-0.3, -0.25) is 4.79 Å². The summed E-state index contributed by atoms with van der Waals surface area (Å²) in [5.74, 6) is 3.02. The molecule has 1 spiro atoms. The maximum Gasteiger partial charge on any atom is 0.174 e. The van der Waals surface area contributed by atoms with E-state index in [4.69, 9.17) is 9.47 Å². The molecule has 2 aromatic rings. The zero-order valence-electron chi connectivity index (χ0n) is 21.0. The molecule has 192 valence electrons. The number of likely N-dealkylation sites (tertiary alicyclic amines) is 1. The van der Waals surface area contributed by atoms with Crippen molar-refractivity contribution in [1.82, 2.24) is 0 Å². The number of piperidine rings is 1. The first-order valence-electron chi connectivity index (χ1n) is 13.6. The average Bonchev–Trinajstić information content (AvgIpc) is 3.59. The lowest BCUT2D eigenvalue weighted by Crippen LogP contribution is -3.00. The largest absolute Gasteiger partial charge is 1.00 e. The molecule has 5 nitrogen and oxygen atoms in total. The monoisotopic (exact) mass is 601 g/mol. The number of ketones is 1. The lowest BCUT2D eigenvalue weighted by atomic mass is 9.51. The highest BCUT2D eigenvalue weighted by Crippen LogP contribution is 2.65. The van der Waals surface area contributed by atoms with Crippen molar-refractivity contribution in [3.8, 4) is 17.2 Å². The number of ether oxygens (including phenoxy) is 2. The Morgan fingerprint density at radius 1 is 1.19 bits per heavy atom. The van der Waals surface area contributed by atoms with E-state index in [0.29, 0.717) is 30.7 Å². The van der Waals surface area contributed by atoms with Crippen molar-refractivity contribution in [1.29, 1.82) is 0 Å². The Kier molecular flexibility index (Phi) is 6.06. The normalized spacial score (nSPS) is 33.4. The first-order valence-corrected chi connectivity index (χ1v) is 13.6. The topological polar surface area (TPSA) is 55.8 Å². The number of carbonyl (C=O) groups is 1. The van der Waals surface area contributed by atoms with E-state index in [9.17, 15) is 9.90 Å². The summed E-state index contributed by atoms with van der Waals surface area (Å²) in [5, 5.41) is 11.0. The predicted molar refractivity (Wildman–Crippen MR) is 133 cm³/mol. The van der Waals surface area contributed by atoms with E-state index < -0.39 is 6.10 Å². The number of quaternary nitrogens is 1. The van der Waals surface area contributed by atoms with Crippen molar-refractivity contribution in [2.45, 2.75) is 68.9 Å². The molecule has 3 aliphatic carbocycles. The van der Waals surface area contributed by atoms with Crippen LogP contribution in [-0.2, 0) is 23.1 Å². The fourth-order valence-electron chi connectivity index (χ4n) is 8.19. The summed E-state index contributed by atoms with van der Waals surface area (Å²) in [6.07, 6.45) is 7.65. The van der Waals surface area contributed by atoms with Crippen molar-refractivity contribution >= 4 is 5.78 Å². The Balaban J connectivity index is 0.00000240. The van der Waals surface area contributed by atoms with E-state index in [1.807, 2.05) is 6.07 Å². The molecule has 0 radical (unpaired) electrons. The number of phenols is 1. The highest BCUT2D eigenvalue weighted by Gasteiger charge is 2.69. The molecule has 5 atom stereocenters. The molecule has 5 aliphatic rings. The highest BCUT2D eigenvalue weighted by atomic mass is 127. The number of rotatable bonds is 7. The van der Waals surface area contributed by atoms with E-state index in [0.717, 1.165) is 60.4 Å². The number of halogens is 1. The Morgan fingerprint density at radius 2 is 2.00 bits per heavy atom. The molecular formula is C30H36INO4. The summed E-state index contributed by atoms with van der Waals surface area (Å²) in [6.45, 7) is 2.95. The van der Waals surface area contributed by atoms with Crippen LogP contribution < -0.4 is 33.5 Å². The van der Waals surface area contributed by atoms with Crippen LogP contribution in [0.5, 0.6) is 17.2 Å². The lowest BCUT2D eigenvalue weighted by Gasteiger charge is -2.60. The van der Waals surface area contributed by atoms with Crippen molar-refractivity contribution in [3.63, 3.8) is 0 Å². The minimum Gasteiger partial charge on any atom is -1.00 e. The van der Waals surface area contributed by atoms with Gasteiger partial charge >= 0.3 is 0 Å². The van der Waals surface area contributed by atoms with E-state index in [-0.39, 0.29) is 40.9 Å². The van der Waals surface area contributed by atoms with Gasteiger partial charge in [-0.15, -0.1) is 0 Å². The molecule has 7 rings (SSSR count). The SMILES string of the molecule is C[N@+]1(CC2CC2)CC[C@]23c4c5c(OCCCc6ccccc6)cc(O)c4O[C@H]2C(=O)CC[C@H]3[C@H]1C5.[I-]. The molecular weight excluding hydrogens is 565 g/mol. The minimum absolute atomic E-state index is 0. The van der Waals surface area contributed by atoms with Crippen molar-refractivity contribution in [2.24, 2.45) is 11.8 Å². The summed E-state index contributed by atoms with van der Waals surface area (Å²) in [6, 6.07) is 12.7. The fraction of sp³-hybridized carbons (Fsp3) is 0.567. The minimum atomic E-state index is -0.438. The summed E-state index contributed by atoms with van der Waals surface area (Å²) < 4.78 is 13.9. The second-order valence-electron chi connectivity index (χ2n) is 12.0. The maximum absolute atomic E-state index is 13.2. The number of phenolic OH excluding ortho intramolecular Hbond substituents is 1. The number of likely N-dealkylation sites (N-methyl/N-ethyl adjacent to an activating group) is 1. The third kappa shape index (κ3) is 3.61. The molecule has 6 heteroatoms. The Bertz CT molecular complexity index is 1180. The second-order valence-corrected chi connectivity index (χ2v) is 12.0. The zero-order valence-corrected chi connectivity index (χ0v) is 23.2. The average molecular weight is 602 g/mol. The van der Waals surface area contributed by atoms with Gasteiger partial charge in [-0.05, 0) is 37.7 Å². The first kappa shape index (κ1) is 24.5. The van der Waals surface area contributed by atoms with Gasteiger partial charge in [0.15, 0.2) is 23.4 Å². The molecule has 2 bridgehead atoms. The molecule has 0 unspecified atom stereocenters. The molecule has 2 heterocycles. The summed E-state index contributed by atoms with van der Waals surface area (Å²) >= 11 is 0. The molecule has 2 aromatic carbocycles. The van der Waals surface area contributed by atoms with Crippen molar-refractivity contribution < 1.29 is 47.8 Å². The van der Waals surface area contributed by atoms with Gasteiger partial charge in [-0.25, -0.2) is 0 Å². The van der Waals surface area contributed by atoms with Gasteiger partial charge < -0.3 is 43.0 Å². The third-order valence-corrected chi connectivity index (χ3v) is 9.95. The molecule has 1 saturated heterocycles. The first-order chi connectivity index (χ1) is 17.0. The predicted octanol–water partition coefficient (Wildman–Crippen LogP) is 1.57. The van der Waals surface area contributed by atoms with Gasteiger partial charge in [0.2, 0.25) is 0 Å². The number of aryl methyl sites for hydroxylation is 1. The molecule has 2 saturated carbocycles. The van der Waals surface area contributed by atoms with Gasteiger partial charge in [-0.2, -0.15) is 0 Å². The molecule has 3 fully saturated rings. The van der Waals surface area contributed by atoms with Crippen LogP contribution in [0, 0.1) is 11.8 Å². The van der Waals surface area contributed by atoms with E-state index in [1.54, 1.807) is 6.07 Å². The van der Waals surface area contributed by atoms with Crippen LogP contribution in [0.3, 0.4) is 0 Å². The van der Waals surface area contributed by atoms with Crippen LogP contribution in [-0.4, -0.2) is 54.3 Å². The lowest BCUT2D eigenvalue weighted by molar-refractivity contribution is -0.946. The zero-order chi connectivity index (χ0) is 23.8. The van der Waals surface area contributed by atoms with Crippen molar-refractivity contribution in [2.75, 3.05) is 26.7 Å². The van der Waals surface area contributed by atoms with Crippen LogP contribution in [0.1, 0.15) is 55.2 Å². The van der Waals surface area contributed by atoms with Gasteiger partial charge in [0, 0.05) is 48.3 Å². The third-order valence-electron chi connectivity index (χ3n) is 9.95. The van der Waals surface area contributed by atoms with Crippen LogP contribution in [0.15, 0.2) is 36.4 Å². The Morgan fingerprint density at radius 3 is 2.78 bits per heavy atom. The molecule has 0 amide bonds. The number of nitrogens with zero attached hydrogens (tertiary/aromatic N) is 1. The number of hydrogen-bond acceptors (Lipinski definition) is 4. The van der Waals surface area contributed by atoms with Gasteiger partial charge in [0.05, 0.1) is 38.2 Å². The van der Waals surface area contributed by atoms with Crippen LogP contribution in [0.4, 0.5) is 0 Å². The number of Topliss-reactive ketones (excluding diaryl/α,β-unsaturated/α-hetero) is 1. The van der Waals surface area contributed by atoms with Gasteiger partial charge in [0.1, 0.15) is 5.75 Å². The van der Waals surface area contributed by atoms with E-state index >= 15 is 0 Å². The summed E-state index contributed by atoms with van der Waals surface area (Å²) in [5.41, 5.74) is 3.35. The number of carbonyl (C=O) groups excluding carboxylic acids is 1. The smallest absolute Gasteiger partial charge is 0.174 e. The highest BCUT2D eigenvalue weighted by molar-refractivity contribution is 5.89. The molecule has 36 heavy (non-hydrogen) atoms. The van der Waals surface area contributed by atoms with Crippen LogP contribution in [0.2, 0.25) is 0 Å². The fourth-order valence-corrected chi connectivity index (χ4v) is 8.19. The Hall–Kier alpha value is -1.80. The van der Waals surface area contributed by atoms with Crippen molar-refractivity contribution in [3.05, 3.63) is 53.1 Å². The van der Waals surface area contributed by atoms with Crippen LogP contribution >= 0.6 is 0 Å². The maximum atomic E-state index is 13.2. The number of hydrogen-bond donors (Lipinski definition) is 1. The van der Waals surface area contributed by atoms with Crippen LogP contribution in [0.25, 0.3) is 0 Å². The number of aromatic hydroxyl groups is 1. The molecule has 0 aromatic heterocycles. The van der Waals surface area contributed by atoms with E-state index in [2.05, 4.69) is 31.3 Å². The summed E-state index contributed by atoms with van der Waals surface area (Å²) in [7, 11) is 2.46. The number of benzene rings is 2.